The Morgan fingerprint density at radius 1 is 1.05 bits per heavy atom. The summed E-state index contributed by atoms with van der Waals surface area (Å²) in [6.07, 6.45) is 0.983. The Morgan fingerprint density at radius 2 is 1.80 bits per heavy atom. The van der Waals surface area contributed by atoms with E-state index < -0.39 is 0 Å². The molecule has 2 rings (SSSR count). The summed E-state index contributed by atoms with van der Waals surface area (Å²) < 4.78 is 0. The third-order valence-corrected chi connectivity index (χ3v) is 3.86. The Labute approximate surface area is 127 Å². The van der Waals surface area contributed by atoms with Gasteiger partial charge in [0, 0.05) is 17.1 Å². The summed E-state index contributed by atoms with van der Waals surface area (Å²) in [5.74, 6) is 0. The van der Waals surface area contributed by atoms with Crippen LogP contribution in [0.4, 0.5) is 0 Å². The van der Waals surface area contributed by atoms with Crippen LogP contribution in [-0.4, -0.2) is 6.04 Å². The molecule has 0 aliphatic heterocycles. The standard InChI is InChI=1S/C18H22ClN/c1-13-7-4-5-10-18(13)15(3)20-14(2)11-16-8-6-9-17(19)12-16/h4-10,12,14-15,20H,11H2,1-3H3. The Balaban J connectivity index is 1.98. The van der Waals surface area contributed by atoms with Gasteiger partial charge in [-0.1, -0.05) is 48.0 Å². The minimum Gasteiger partial charge on any atom is -0.307 e. The van der Waals surface area contributed by atoms with Crippen LogP contribution in [0, 0.1) is 6.92 Å². The molecule has 0 aliphatic rings. The molecule has 2 aromatic carbocycles. The van der Waals surface area contributed by atoms with E-state index in [0.717, 1.165) is 11.4 Å². The smallest absolute Gasteiger partial charge is 0.0408 e. The van der Waals surface area contributed by atoms with Crippen molar-refractivity contribution in [2.45, 2.75) is 39.3 Å². The molecule has 0 saturated heterocycles. The van der Waals surface area contributed by atoms with E-state index in [1.165, 1.54) is 16.7 Å². The Bertz CT molecular complexity index is 565. The average molecular weight is 288 g/mol. The van der Waals surface area contributed by atoms with Gasteiger partial charge in [0.2, 0.25) is 0 Å². The lowest BCUT2D eigenvalue weighted by Crippen LogP contribution is -2.31. The lowest BCUT2D eigenvalue weighted by atomic mass is 10.0. The van der Waals surface area contributed by atoms with Crippen LogP contribution in [0.15, 0.2) is 48.5 Å². The van der Waals surface area contributed by atoms with Gasteiger partial charge in [-0.2, -0.15) is 0 Å². The Morgan fingerprint density at radius 3 is 2.50 bits per heavy atom. The molecule has 0 amide bonds. The maximum Gasteiger partial charge on any atom is 0.0408 e. The highest BCUT2D eigenvalue weighted by Crippen LogP contribution is 2.18. The molecule has 2 unspecified atom stereocenters. The molecule has 0 heterocycles. The third-order valence-electron chi connectivity index (χ3n) is 3.62. The lowest BCUT2D eigenvalue weighted by molar-refractivity contribution is 0.476. The summed E-state index contributed by atoms with van der Waals surface area (Å²) in [6.45, 7) is 6.60. The number of aryl methyl sites for hydroxylation is 1. The largest absolute Gasteiger partial charge is 0.307 e. The van der Waals surface area contributed by atoms with Gasteiger partial charge in [0.15, 0.2) is 0 Å². The van der Waals surface area contributed by atoms with E-state index in [1.807, 2.05) is 18.2 Å². The molecule has 20 heavy (non-hydrogen) atoms. The van der Waals surface area contributed by atoms with Crippen molar-refractivity contribution in [3.63, 3.8) is 0 Å². The van der Waals surface area contributed by atoms with E-state index in [1.54, 1.807) is 0 Å². The predicted molar refractivity (Wildman–Crippen MR) is 87.3 cm³/mol. The van der Waals surface area contributed by atoms with Crippen LogP contribution in [0.3, 0.4) is 0 Å². The van der Waals surface area contributed by atoms with Gasteiger partial charge in [0.1, 0.15) is 0 Å². The van der Waals surface area contributed by atoms with Gasteiger partial charge in [-0.3, -0.25) is 0 Å². The minimum absolute atomic E-state index is 0.352. The molecule has 0 bridgehead atoms. The summed E-state index contributed by atoms with van der Waals surface area (Å²) >= 11 is 6.03. The number of nitrogens with one attached hydrogen (secondary N) is 1. The maximum atomic E-state index is 6.03. The van der Waals surface area contributed by atoms with Crippen molar-refractivity contribution in [3.05, 3.63) is 70.2 Å². The van der Waals surface area contributed by atoms with E-state index in [4.69, 9.17) is 11.6 Å². The average Bonchev–Trinajstić information content (AvgIpc) is 2.38. The first kappa shape index (κ1) is 15.1. The second-order valence-corrected chi connectivity index (χ2v) is 5.92. The van der Waals surface area contributed by atoms with Gasteiger partial charge in [0.05, 0.1) is 0 Å². The summed E-state index contributed by atoms with van der Waals surface area (Å²) in [6, 6.07) is 17.4. The number of hydrogen-bond acceptors (Lipinski definition) is 1. The normalized spacial score (nSPS) is 14.0. The topological polar surface area (TPSA) is 12.0 Å². The molecule has 0 aliphatic carbocycles. The molecular weight excluding hydrogens is 266 g/mol. The van der Waals surface area contributed by atoms with Crippen LogP contribution in [0.2, 0.25) is 5.02 Å². The highest BCUT2D eigenvalue weighted by molar-refractivity contribution is 6.30. The number of halogens is 1. The molecule has 1 nitrogen and oxygen atoms in total. The first-order valence-electron chi connectivity index (χ1n) is 7.12. The first-order chi connectivity index (χ1) is 9.56. The zero-order chi connectivity index (χ0) is 14.5. The number of rotatable bonds is 5. The summed E-state index contributed by atoms with van der Waals surface area (Å²) in [5, 5.41) is 4.47. The van der Waals surface area contributed by atoms with Crippen LogP contribution in [0.1, 0.15) is 36.6 Å². The van der Waals surface area contributed by atoms with Crippen LogP contribution in [-0.2, 0) is 6.42 Å². The monoisotopic (exact) mass is 287 g/mol. The Hall–Kier alpha value is -1.31. The molecule has 1 N–H and O–H groups in total. The Kier molecular flexibility index (Phi) is 5.22. The fourth-order valence-electron chi connectivity index (χ4n) is 2.67. The zero-order valence-electron chi connectivity index (χ0n) is 12.4. The quantitative estimate of drug-likeness (QED) is 0.822. The fourth-order valence-corrected chi connectivity index (χ4v) is 2.88. The zero-order valence-corrected chi connectivity index (χ0v) is 13.1. The van der Waals surface area contributed by atoms with Gasteiger partial charge in [0.25, 0.3) is 0 Å². The molecule has 0 aromatic heterocycles. The molecule has 0 spiro atoms. The summed E-state index contributed by atoms with van der Waals surface area (Å²) in [5.41, 5.74) is 3.97. The van der Waals surface area contributed by atoms with Gasteiger partial charge < -0.3 is 5.32 Å². The van der Waals surface area contributed by atoms with Gasteiger partial charge in [-0.15, -0.1) is 0 Å². The van der Waals surface area contributed by atoms with Crippen LogP contribution < -0.4 is 5.32 Å². The first-order valence-corrected chi connectivity index (χ1v) is 7.50. The van der Waals surface area contributed by atoms with Crippen LogP contribution in [0.25, 0.3) is 0 Å². The van der Waals surface area contributed by atoms with Crippen molar-refractivity contribution in [2.75, 3.05) is 0 Å². The number of hydrogen-bond donors (Lipinski definition) is 1. The molecular formula is C18H22ClN. The van der Waals surface area contributed by atoms with Gasteiger partial charge >= 0.3 is 0 Å². The molecule has 0 saturated carbocycles. The van der Waals surface area contributed by atoms with E-state index in [2.05, 4.69) is 56.4 Å². The highest BCUT2D eigenvalue weighted by atomic mass is 35.5. The van der Waals surface area contributed by atoms with Crippen LogP contribution in [0.5, 0.6) is 0 Å². The fraction of sp³-hybridized carbons (Fsp3) is 0.333. The maximum absolute atomic E-state index is 6.03. The van der Waals surface area contributed by atoms with E-state index in [-0.39, 0.29) is 0 Å². The van der Waals surface area contributed by atoms with E-state index in [9.17, 15) is 0 Å². The second-order valence-electron chi connectivity index (χ2n) is 5.48. The van der Waals surface area contributed by atoms with Crippen molar-refractivity contribution >= 4 is 11.6 Å². The van der Waals surface area contributed by atoms with Gasteiger partial charge in [-0.05, 0) is 56.0 Å². The highest BCUT2D eigenvalue weighted by Gasteiger charge is 2.11. The molecule has 2 heteroatoms. The van der Waals surface area contributed by atoms with Crippen molar-refractivity contribution in [1.82, 2.24) is 5.32 Å². The summed E-state index contributed by atoms with van der Waals surface area (Å²) in [7, 11) is 0. The van der Waals surface area contributed by atoms with Crippen molar-refractivity contribution in [1.29, 1.82) is 0 Å². The molecule has 0 radical (unpaired) electrons. The molecule has 106 valence electrons. The number of benzene rings is 2. The molecule has 2 atom stereocenters. The van der Waals surface area contributed by atoms with Crippen LogP contribution >= 0.6 is 11.6 Å². The minimum atomic E-state index is 0.352. The van der Waals surface area contributed by atoms with E-state index >= 15 is 0 Å². The molecule has 0 fully saturated rings. The van der Waals surface area contributed by atoms with Crippen molar-refractivity contribution in [2.24, 2.45) is 0 Å². The van der Waals surface area contributed by atoms with Crippen molar-refractivity contribution < 1.29 is 0 Å². The van der Waals surface area contributed by atoms with E-state index in [0.29, 0.717) is 12.1 Å². The third kappa shape index (κ3) is 4.09. The van der Waals surface area contributed by atoms with Crippen molar-refractivity contribution in [3.8, 4) is 0 Å². The SMILES string of the molecule is Cc1ccccc1C(C)NC(C)Cc1cccc(Cl)c1. The molecule has 2 aromatic rings. The second kappa shape index (κ2) is 6.92. The van der Waals surface area contributed by atoms with Gasteiger partial charge in [-0.25, -0.2) is 0 Å². The summed E-state index contributed by atoms with van der Waals surface area (Å²) in [4.78, 5) is 0. The lowest BCUT2D eigenvalue weighted by Gasteiger charge is -2.22. The predicted octanol–water partition coefficient (Wildman–Crippen LogP) is 4.93.